The van der Waals surface area contributed by atoms with Crippen molar-refractivity contribution in [3.05, 3.63) is 242 Å². The summed E-state index contributed by atoms with van der Waals surface area (Å²) < 4.78 is 2.42. The number of para-hydroxylation sites is 2. The zero-order valence-corrected chi connectivity index (χ0v) is 33.2. The summed E-state index contributed by atoms with van der Waals surface area (Å²) >= 11 is 0. The van der Waals surface area contributed by atoms with Crippen molar-refractivity contribution in [2.24, 2.45) is 0 Å². The minimum Gasteiger partial charge on any atom is -0.310 e. The average molecular weight is 767 g/mol. The van der Waals surface area contributed by atoms with Gasteiger partial charge in [-0.2, -0.15) is 0 Å². The molecule has 60 heavy (non-hydrogen) atoms. The molecule has 1 aromatic heterocycles. The third-order valence-corrected chi connectivity index (χ3v) is 12.1. The lowest BCUT2D eigenvalue weighted by molar-refractivity contribution is 0.856. The zero-order chi connectivity index (χ0) is 39.8. The van der Waals surface area contributed by atoms with Crippen molar-refractivity contribution >= 4 is 49.6 Å². The second-order valence-corrected chi connectivity index (χ2v) is 15.7. The molecule has 1 aliphatic carbocycles. The molecule has 0 aliphatic heterocycles. The van der Waals surface area contributed by atoms with Crippen LogP contribution in [0.3, 0.4) is 0 Å². The molecule has 1 atom stereocenters. The standard InChI is InChI=1S/C58H42N2/c1-4-17-43(18-5-1)52-37-33-46(40-55(52)44-19-6-2-7-20-44)42-30-34-49(35-31-42)59(48-23-8-3-9-24-48)50-25-14-22-47(39-50)53-27-15-29-57-58(53)54-26-12-13-28-56(54)60(57)51-36-32-41-16-10-11-21-45(41)38-51/h1-17,19-40,43H,18H2. The van der Waals surface area contributed by atoms with Crippen LogP contribution >= 0.6 is 0 Å². The minimum atomic E-state index is 0.368. The maximum atomic E-state index is 2.42. The van der Waals surface area contributed by atoms with Gasteiger partial charge in [0.05, 0.1) is 11.0 Å². The van der Waals surface area contributed by atoms with Crippen LogP contribution in [0.15, 0.2) is 237 Å². The third-order valence-electron chi connectivity index (χ3n) is 12.1. The highest BCUT2D eigenvalue weighted by molar-refractivity contribution is 6.16. The van der Waals surface area contributed by atoms with E-state index in [-0.39, 0.29) is 0 Å². The molecule has 0 saturated heterocycles. The van der Waals surface area contributed by atoms with Gasteiger partial charge in [0.2, 0.25) is 0 Å². The topological polar surface area (TPSA) is 8.17 Å². The molecule has 1 aliphatic rings. The molecule has 1 unspecified atom stereocenters. The van der Waals surface area contributed by atoms with E-state index in [0.717, 1.165) is 29.2 Å². The number of hydrogen-bond acceptors (Lipinski definition) is 1. The summed E-state index contributed by atoms with van der Waals surface area (Å²) in [5.74, 6) is 0.368. The minimum absolute atomic E-state index is 0.368. The van der Waals surface area contributed by atoms with Crippen molar-refractivity contribution in [2.45, 2.75) is 12.3 Å². The van der Waals surface area contributed by atoms with Gasteiger partial charge < -0.3 is 9.47 Å². The predicted molar refractivity (Wildman–Crippen MR) is 255 cm³/mol. The maximum Gasteiger partial charge on any atom is 0.0547 e. The molecule has 0 N–H and O–H groups in total. The molecule has 284 valence electrons. The average Bonchev–Trinajstić information content (AvgIpc) is 3.67. The molecule has 0 spiro atoms. The van der Waals surface area contributed by atoms with Crippen LogP contribution in [-0.2, 0) is 0 Å². The van der Waals surface area contributed by atoms with Crippen molar-refractivity contribution in [1.29, 1.82) is 0 Å². The van der Waals surface area contributed by atoms with Crippen LogP contribution in [0.1, 0.15) is 17.9 Å². The van der Waals surface area contributed by atoms with Crippen molar-refractivity contribution in [3.8, 4) is 39.1 Å². The number of nitrogens with zero attached hydrogens (tertiary/aromatic N) is 2. The Balaban J connectivity index is 0.998. The summed E-state index contributed by atoms with van der Waals surface area (Å²) in [5, 5.41) is 4.98. The van der Waals surface area contributed by atoms with Gasteiger partial charge >= 0.3 is 0 Å². The fourth-order valence-corrected chi connectivity index (χ4v) is 9.23. The van der Waals surface area contributed by atoms with Crippen LogP contribution in [0.5, 0.6) is 0 Å². The smallest absolute Gasteiger partial charge is 0.0547 e. The van der Waals surface area contributed by atoms with Gasteiger partial charge in [-0.3, -0.25) is 0 Å². The third kappa shape index (κ3) is 6.40. The zero-order valence-electron chi connectivity index (χ0n) is 33.2. The van der Waals surface area contributed by atoms with Crippen molar-refractivity contribution < 1.29 is 0 Å². The van der Waals surface area contributed by atoms with Crippen LogP contribution in [0.2, 0.25) is 0 Å². The van der Waals surface area contributed by atoms with E-state index in [1.165, 1.54) is 71.5 Å². The largest absolute Gasteiger partial charge is 0.310 e. The normalized spacial score (nSPS) is 13.6. The lowest BCUT2D eigenvalue weighted by Crippen LogP contribution is -2.09. The molecule has 11 rings (SSSR count). The molecule has 0 amide bonds. The number of allylic oxidation sites excluding steroid dienone is 4. The van der Waals surface area contributed by atoms with Gasteiger partial charge in [0.25, 0.3) is 0 Å². The van der Waals surface area contributed by atoms with E-state index in [4.69, 9.17) is 0 Å². The molecular formula is C58H42N2. The Bertz CT molecular complexity index is 3220. The van der Waals surface area contributed by atoms with E-state index in [1.807, 2.05) is 0 Å². The maximum absolute atomic E-state index is 2.42. The predicted octanol–water partition coefficient (Wildman–Crippen LogP) is 16.0. The second kappa shape index (κ2) is 15.2. The first-order chi connectivity index (χ1) is 29.8. The summed E-state index contributed by atoms with van der Waals surface area (Å²) in [5.41, 5.74) is 15.6. The molecule has 9 aromatic carbocycles. The fourth-order valence-electron chi connectivity index (χ4n) is 9.23. The van der Waals surface area contributed by atoms with E-state index < -0.39 is 0 Å². The first kappa shape index (κ1) is 35.5. The van der Waals surface area contributed by atoms with Crippen molar-refractivity contribution in [3.63, 3.8) is 0 Å². The van der Waals surface area contributed by atoms with Gasteiger partial charge in [-0.05, 0) is 123 Å². The van der Waals surface area contributed by atoms with E-state index >= 15 is 0 Å². The first-order valence-electron chi connectivity index (χ1n) is 20.9. The quantitative estimate of drug-likeness (QED) is 0.150. The number of anilines is 3. The van der Waals surface area contributed by atoms with Gasteiger partial charge in [-0.15, -0.1) is 0 Å². The summed E-state index contributed by atoms with van der Waals surface area (Å²) in [4.78, 5) is 2.37. The van der Waals surface area contributed by atoms with Gasteiger partial charge in [0.1, 0.15) is 0 Å². The summed E-state index contributed by atoms with van der Waals surface area (Å²) in [7, 11) is 0. The van der Waals surface area contributed by atoms with E-state index in [2.05, 4.69) is 246 Å². The Morgan fingerprint density at radius 2 is 1.10 bits per heavy atom. The van der Waals surface area contributed by atoms with Crippen LogP contribution in [0.25, 0.3) is 71.6 Å². The lowest BCUT2D eigenvalue weighted by Gasteiger charge is -2.26. The van der Waals surface area contributed by atoms with Crippen LogP contribution in [0, 0.1) is 0 Å². The van der Waals surface area contributed by atoms with Crippen LogP contribution in [0.4, 0.5) is 17.1 Å². The number of benzene rings is 9. The van der Waals surface area contributed by atoms with Crippen LogP contribution in [-0.4, -0.2) is 4.57 Å². The summed E-state index contributed by atoms with van der Waals surface area (Å²) in [6.45, 7) is 0. The number of rotatable bonds is 8. The lowest BCUT2D eigenvalue weighted by atomic mass is 9.85. The van der Waals surface area contributed by atoms with Gasteiger partial charge in [0.15, 0.2) is 0 Å². The second-order valence-electron chi connectivity index (χ2n) is 15.7. The molecule has 0 radical (unpaired) electrons. The van der Waals surface area contributed by atoms with Gasteiger partial charge in [-0.25, -0.2) is 0 Å². The van der Waals surface area contributed by atoms with Gasteiger partial charge in [-0.1, -0.05) is 170 Å². The summed E-state index contributed by atoms with van der Waals surface area (Å²) in [6.07, 6.45) is 9.94. The van der Waals surface area contributed by atoms with Crippen molar-refractivity contribution in [2.75, 3.05) is 4.90 Å². The summed E-state index contributed by atoms with van der Waals surface area (Å²) in [6, 6.07) is 77.5. The molecular weight excluding hydrogens is 725 g/mol. The molecule has 10 aromatic rings. The van der Waals surface area contributed by atoms with Crippen molar-refractivity contribution in [1.82, 2.24) is 4.57 Å². The first-order valence-corrected chi connectivity index (χ1v) is 20.9. The number of hydrogen-bond donors (Lipinski definition) is 0. The molecule has 2 nitrogen and oxygen atoms in total. The highest BCUT2D eigenvalue weighted by Crippen LogP contribution is 2.43. The molecule has 0 bridgehead atoms. The monoisotopic (exact) mass is 766 g/mol. The molecule has 2 heteroatoms. The van der Waals surface area contributed by atoms with E-state index in [0.29, 0.717) is 5.92 Å². The fraction of sp³-hybridized carbons (Fsp3) is 0.0345. The van der Waals surface area contributed by atoms with Crippen LogP contribution < -0.4 is 4.90 Å². The molecule has 1 heterocycles. The van der Waals surface area contributed by atoms with E-state index in [9.17, 15) is 0 Å². The van der Waals surface area contributed by atoms with Gasteiger partial charge in [0, 0.05) is 39.4 Å². The Morgan fingerprint density at radius 1 is 0.417 bits per heavy atom. The Morgan fingerprint density at radius 3 is 1.93 bits per heavy atom. The Kier molecular flexibility index (Phi) is 9.02. The molecule has 0 fully saturated rings. The van der Waals surface area contributed by atoms with E-state index in [1.54, 1.807) is 0 Å². The Labute approximate surface area is 351 Å². The highest BCUT2D eigenvalue weighted by Gasteiger charge is 2.20. The highest BCUT2D eigenvalue weighted by atomic mass is 15.1. The Hall–Kier alpha value is -7.68. The SMILES string of the molecule is C1=CCC(c2ccc(-c3ccc(N(c4ccccc4)c4cccc(-c5cccc6c5c5ccccc5n6-c5ccc6ccccc6c5)c4)cc3)cc2-c2ccccc2)C=C1. The number of fused-ring (bicyclic) bond motifs is 4. The number of aromatic nitrogens is 1. The molecule has 0 saturated carbocycles.